The fourth-order valence-corrected chi connectivity index (χ4v) is 5.02. The average molecular weight is 441 g/mol. The highest BCUT2D eigenvalue weighted by atomic mass is 16.1. The third-order valence-electron chi connectivity index (χ3n) is 6.56. The van der Waals surface area contributed by atoms with E-state index >= 15 is 0 Å². The minimum Gasteiger partial charge on any atom is -0.383 e. The fourth-order valence-electron chi connectivity index (χ4n) is 5.02. The minimum absolute atomic E-state index is 0.0871. The molecule has 1 saturated carbocycles. The van der Waals surface area contributed by atoms with Crippen LogP contribution < -0.4 is 11.3 Å². The average Bonchev–Trinajstić information content (AvgIpc) is 3.17. The van der Waals surface area contributed by atoms with Gasteiger partial charge in [0.05, 0.1) is 17.3 Å². The summed E-state index contributed by atoms with van der Waals surface area (Å²) in [5, 5.41) is 7.17. The van der Waals surface area contributed by atoms with Crippen LogP contribution in [-0.2, 0) is 6.54 Å². The maximum atomic E-state index is 13.8. The fraction of sp³-hybridized carbons (Fsp3) is 0.385. The van der Waals surface area contributed by atoms with E-state index in [0.29, 0.717) is 35.5 Å². The summed E-state index contributed by atoms with van der Waals surface area (Å²) in [4.78, 5) is 22.4. The second kappa shape index (κ2) is 8.70. The molecular formula is C26H28N6O. The molecular weight excluding hydrogens is 412 g/mol. The number of hydrogen-bond donors (Lipinski definition) is 1. The van der Waals surface area contributed by atoms with Crippen LogP contribution in [0.5, 0.6) is 0 Å². The number of rotatable bonds is 3. The van der Waals surface area contributed by atoms with Gasteiger partial charge in [-0.3, -0.25) is 4.79 Å². The van der Waals surface area contributed by atoms with Gasteiger partial charge in [0.25, 0.3) is 5.56 Å². The van der Waals surface area contributed by atoms with Crippen molar-refractivity contribution in [1.82, 2.24) is 24.3 Å². The molecule has 168 valence electrons. The summed E-state index contributed by atoms with van der Waals surface area (Å²) < 4.78 is 3.83. The van der Waals surface area contributed by atoms with Gasteiger partial charge in [0.15, 0.2) is 5.65 Å². The van der Waals surface area contributed by atoms with E-state index in [4.69, 9.17) is 10.8 Å². The Morgan fingerprint density at radius 2 is 1.97 bits per heavy atom. The number of nitrogens with zero attached hydrogens (tertiary/aromatic N) is 5. The van der Waals surface area contributed by atoms with E-state index in [2.05, 4.69) is 27.9 Å². The Bertz CT molecular complexity index is 1460. The zero-order valence-electron chi connectivity index (χ0n) is 19.1. The molecule has 0 bridgehead atoms. The Labute approximate surface area is 192 Å². The summed E-state index contributed by atoms with van der Waals surface area (Å²) in [5.74, 6) is 6.54. The van der Waals surface area contributed by atoms with Crippen molar-refractivity contribution >= 4 is 27.6 Å². The number of nitrogen functional groups attached to an aromatic ring is 1. The number of pyridine rings is 1. The van der Waals surface area contributed by atoms with Crippen molar-refractivity contribution in [2.45, 2.75) is 65.0 Å². The van der Waals surface area contributed by atoms with Crippen molar-refractivity contribution in [3.05, 3.63) is 57.9 Å². The topological polar surface area (TPSA) is 91.6 Å². The molecule has 3 aromatic heterocycles. The Hall–Kier alpha value is -3.66. The van der Waals surface area contributed by atoms with Gasteiger partial charge in [-0.25, -0.2) is 14.6 Å². The molecule has 2 N–H and O–H groups in total. The molecule has 0 atom stereocenters. The van der Waals surface area contributed by atoms with E-state index < -0.39 is 0 Å². The van der Waals surface area contributed by atoms with Crippen molar-refractivity contribution < 1.29 is 0 Å². The third-order valence-corrected chi connectivity index (χ3v) is 6.56. The molecule has 0 spiro atoms. The maximum absolute atomic E-state index is 13.8. The van der Waals surface area contributed by atoms with Gasteiger partial charge in [0, 0.05) is 18.2 Å². The molecule has 0 saturated heterocycles. The highest BCUT2D eigenvalue weighted by molar-refractivity contribution is 5.90. The van der Waals surface area contributed by atoms with Crippen LogP contribution >= 0.6 is 0 Å². The molecule has 5 rings (SSSR count). The van der Waals surface area contributed by atoms with Gasteiger partial charge in [0.1, 0.15) is 17.8 Å². The Morgan fingerprint density at radius 3 is 2.76 bits per heavy atom. The van der Waals surface area contributed by atoms with E-state index in [9.17, 15) is 4.79 Å². The zero-order chi connectivity index (χ0) is 22.9. The second-order valence-corrected chi connectivity index (χ2v) is 8.76. The number of aryl methyl sites for hydroxylation is 1. The summed E-state index contributed by atoms with van der Waals surface area (Å²) in [6, 6.07) is 8.35. The first kappa shape index (κ1) is 21.2. The van der Waals surface area contributed by atoms with Crippen LogP contribution in [0.3, 0.4) is 0 Å². The summed E-state index contributed by atoms with van der Waals surface area (Å²) in [6.07, 6.45) is 7.73. The summed E-state index contributed by atoms with van der Waals surface area (Å²) in [6.45, 7) is 4.41. The quantitative estimate of drug-likeness (QED) is 0.478. The number of nitrogens with two attached hydrogens (primary N) is 1. The van der Waals surface area contributed by atoms with Crippen molar-refractivity contribution in [2.24, 2.45) is 0 Å². The zero-order valence-corrected chi connectivity index (χ0v) is 19.1. The lowest BCUT2D eigenvalue weighted by Gasteiger charge is -2.27. The van der Waals surface area contributed by atoms with E-state index in [1.165, 1.54) is 12.7 Å². The van der Waals surface area contributed by atoms with Gasteiger partial charge in [-0.2, -0.15) is 5.10 Å². The van der Waals surface area contributed by atoms with Crippen molar-refractivity contribution in [3.63, 3.8) is 0 Å². The van der Waals surface area contributed by atoms with Crippen molar-refractivity contribution in [2.75, 3.05) is 5.73 Å². The first-order valence-electron chi connectivity index (χ1n) is 11.7. The molecule has 7 heteroatoms. The highest BCUT2D eigenvalue weighted by Crippen LogP contribution is 2.30. The van der Waals surface area contributed by atoms with E-state index in [-0.39, 0.29) is 11.6 Å². The van der Waals surface area contributed by atoms with E-state index in [1.54, 1.807) is 0 Å². The van der Waals surface area contributed by atoms with Crippen LogP contribution in [0, 0.1) is 18.8 Å². The lowest BCUT2D eigenvalue weighted by molar-refractivity contribution is 0.338. The van der Waals surface area contributed by atoms with Crippen molar-refractivity contribution in [3.8, 4) is 11.8 Å². The summed E-state index contributed by atoms with van der Waals surface area (Å²) >= 11 is 0. The van der Waals surface area contributed by atoms with Gasteiger partial charge >= 0.3 is 0 Å². The Morgan fingerprint density at radius 1 is 1.15 bits per heavy atom. The van der Waals surface area contributed by atoms with Gasteiger partial charge in [0.2, 0.25) is 0 Å². The molecule has 1 aliphatic rings. The van der Waals surface area contributed by atoms with E-state index in [1.807, 2.05) is 41.3 Å². The molecule has 0 amide bonds. The van der Waals surface area contributed by atoms with E-state index in [0.717, 1.165) is 47.7 Å². The van der Waals surface area contributed by atoms with Crippen LogP contribution in [0.4, 0.5) is 5.82 Å². The molecule has 0 unspecified atom stereocenters. The maximum Gasteiger partial charge on any atom is 0.259 e. The van der Waals surface area contributed by atoms with Gasteiger partial charge in [-0.05, 0) is 42.7 Å². The molecule has 3 heterocycles. The summed E-state index contributed by atoms with van der Waals surface area (Å²) in [7, 11) is 0. The third kappa shape index (κ3) is 3.76. The standard InChI is InChI=1S/C26H28N6O/c1-3-4-13-21-23-24(27)28-16-29-25(23)31(30-21)15-20-14-18-10-8-9-17(2)22(18)26(33)32(20)19-11-6-5-7-12-19/h8-10,14,16,19H,3,5-7,11-12,15H2,1-2H3,(H2,27,28,29). The largest absolute Gasteiger partial charge is 0.383 e. The number of hydrogen-bond acceptors (Lipinski definition) is 5. The summed E-state index contributed by atoms with van der Waals surface area (Å²) in [5.41, 5.74) is 9.41. The van der Waals surface area contributed by atoms with Crippen LogP contribution in [0.25, 0.3) is 21.8 Å². The Kier molecular flexibility index (Phi) is 5.59. The second-order valence-electron chi connectivity index (χ2n) is 8.76. The van der Waals surface area contributed by atoms with Gasteiger partial charge < -0.3 is 10.3 Å². The molecule has 1 aliphatic carbocycles. The number of aromatic nitrogens is 5. The number of fused-ring (bicyclic) bond motifs is 2. The first-order chi connectivity index (χ1) is 16.1. The minimum atomic E-state index is 0.0871. The molecule has 4 aromatic rings. The number of benzene rings is 1. The predicted molar refractivity (Wildman–Crippen MR) is 131 cm³/mol. The highest BCUT2D eigenvalue weighted by Gasteiger charge is 2.23. The van der Waals surface area contributed by atoms with Crippen LogP contribution in [0.2, 0.25) is 0 Å². The smallest absolute Gasteiger partial charge is 0.259 e. The molecule has 0 radical (unpaired) electrons. The molecule has 7 nitrogen and oxygen atoms in total. The van der Waals surface area contributed by atoms with Gasteiger partial charge in [-0.15, -0.1) is 0 Å². The van der Waals surface area contributed by atoms with Crippen LogP contribution in [0.1, 0.15) is 68.4 Å². The Balaban J connectivity index is 1.72. The SMILES string of the molecule is CCC#Cc1nn(Cc2cc3cccc(C)c3c(=O)n2C2CCCCC2)c2ncnc(N)c12. The lowest BCUT2D eigenvalue weighted by Crippen LogP contribution is -2.30. The normalized spacial score (nSPS) is 14.5. The molecule has 33 heavy (non-hydrogen) atoms. The van der Waals surface area contributed by atoms with Crippen molar-refractivity contribution in [1.29, 1.82) is 0 Å². The monoisotopic (exact) mass is 440 g/mol. The predicted octanol–water partition coefficient (Wildman–Crippen LogP) is 4.35. The molecule has 1 aromatic carbocycles. The van der Waals surface area contributed by atoms with Crippen LogP contribution in [0.15, 0.2) is 35.4 Å². The molecule has 0 aliphatic heterocycles. The lowest BCUT2D eigenvalue weighted by atomic mass is 9.94. The first-order valence-corrected chi connectivity index (χ1v) is 11.7. The molecule has 1 fully saturated rings. The number of anilines is 1. The van der Waals surface area contributed by atoms with Gasteiger partial charge in [-0.1, -0.05) is 50.3 Å². The van der Waals surface area contributed by atoms with Crippen LogP contribution in [-0.4, -0.2) is 24.3 Å².